The third kappa shape index (κ3) is 3.01. The number of hydrogen-bond acceptors (Lipinski definition) is 2. The molecule has 1 saturated carbocycles. The second-order valence-corrected chi connectivity index (χ2v) is 6.47. The Bertz CT molecular complexity index is 591. The standard InChI is InChI=1S/C15H17BrClN3/c16-13-10-11(6-7-14(13)17)19-15-18-8-9-20(15)12-4-2-1-3-5-12/h6-10,12H,1-5H2,(H,18,19). The van der Waals surface area contributed by atoms with Crippen LogP contribution in [-0.4, -0.2) is 9.55 Å². The van der Waals surface area contributed by atoms with Gasteiger partial charge in [0.1, 0.15) is 0 Å². The highest BCUT2D eigenvalue weighted by Gasteiger charge is 2.17. The van der Waals surface area contributed by atoms with Crippen LogP contribution in [0.5, 0.6) is 0 Å². The molecular weight excluding hydrogens is 338 g/mol. The first-order valence-corrected chi connectivity index (χ1v) is 8.16. The first-order valence-electron chi connectivity index (χ1n) is 6.99. The zero-order chi connectivity index (χ0) is 13.9. The highest BCUT2D eigenvalue weighted by atomic mass is 79.9. The van der Waals surface area contributed by atoms with Gasteiger partial charge in [0.05, 0.1) is 5.02 Å². The predicted molar refractivity (Wildman–Crippen MR) is 86.8 cm³/mol. The van der Waals surface area contributed by atoms with Gasteiger partial charge in [-0.3, -0.25) is 0 Å². The number of anilines is 2. The van der Waals surface area contributed by atoms with Gasteiger partial charge >= 0.3 is 0 Å². The Kier molecular flexibility index (Phi) is 4.32. The molecule has 1 aromatic carbocycles. The monoisotopic (exact) mass is 353 g/mol. The molecule has 1 aromatic heterocycles. The number of benzene rings is 1. The van der Waals surface area contributed by atoms with Gasteiger partial charge in [-0.2, -0.15) is 0 Å². The molecule has 3 rings (SSSR count). The summed E-state index contributed by atoms with van der Waals surface area (Å²) in [7, 11) is 0. The lowest BCUT2D eigenvalue weighted by molar-refractivity contribution is 0.356. The van der Waals surface area contributed by atoms with E-state index in [4.69, 9.17) is 11.6 Å². The van der Waals surface area contributed by atoms with Crippen LogP contribution in [-0.2, 0) is 0 Å². The molecule has 1 fully saturated rings. The topological polar surface area (TPSA) is 29.9 Å². The van der Waals surface area contributed by atoms with Gasteiger partial charge in [0.15, 0.2) is 0 Å². The Morgan fingerprint density at radius 1 is 1.25 bits per heavy atom. The number of nitrogens with one attached hydrogen (secondary N) is 1. The minimum absolute atomic E-state index is 0.574. The van der Waals surface area contributed by atoms with Gasteiger partial charge in [-0.05, 0) is 47.0 Å². The van der Waals surface area contributed by atoms with Crippen molar-refractivity contribution in [1.29, 1.82) is 0 Å². The molecule has 3 nitrogen and oxygen atoms in total. The van der Waals surface area contributed by atoms with E-state index in [1.165, 1.54) is 32.1 Å². The Hall–Kier alpha value is -1.00. The van der Waals surface area contributed by atoms with Crippen LogP contribution >= 0.6 is 27.5 Å². The quantitative estimate of drug-likeness (QED) is 0.783. The van der Waals surface area contributed by atoms with E-state index in [9.17, 15) is 0 Å². The molecule has 0 unspecified atom stereocenters. The van der Waals surface area contributed by atoms with Crippen LogP contribution in [0.3, 0.4) is 0 Å². The number of rotatable bonds is 3. The molecule has 1 aliphatic rings. The van der Waals surface area contributed by atoms with Crippen molar-refractivity contribution in [3.05, 3.63) is 40.1 Å². The van der Waals surface area contributed by atoms with Crippen molar-refractivity contribution in [3.63, 3.8) is 0 Å². The molecule has 0 amide bonds. The largest absolute Gasteiger partial charge is 0.326 e. The van der Waals surface area contributed by atoms with Crippen molar-refractivity contribution in [3.8, 4) is 0 Å². The van der Waals surface area contributed by atoms with E-state index >= 15 is 0 Å². The second-order valence-electron chi connectivity index (χ2n) is 5.20. The summed E-state index contributed by atoms with van der Waals surface area (Å²) >= 11 is 9.47. The van der Waals surface area contributed by atoms with Crippen LogP contribution < -0.4 is 5.32 Å². The first kappa shape index (κ1) is 14.0. The fourth-order valence-electron chi connectivity index (χ4n) is 2.77. The maximum atomic E-state index is 6.02. The van der Waals surface area contributed by atoms with Gasteiger partial charge in [0, 0.05) is 28.6 Å². The zero-order valence-electron chi connectivity index (χ0n) is 11.1. The van der Waals surface area contributed by atoms with Crippen molar-refractivity contribution in [2.45, 2.75) is 38.1 Å². The molecule has 0 bridgehead atoms. The Morgan fingerprint density at radius 3 is 2.80 bits per heavy atom. The fourth-order valence-corrected chi connectivity index (χ4v) is 3.26. The maximum absolute atomic E-state index is 6.02. The van der Waals surface area contributed by atoms with Gasteiger partial charge in [0.25, 0.3) is 0 Å². The van der Waals surface area contributed by atoms with Crippen molar-refractivity contribution < 1.29 is 0 Å². The number of aromatic nitrogens is 2. The molecule has 1 N–H and O–H groups in total. The van der Waals surface area contributed by atoms with E-state index in [-0.39, 0.29) is 0 Å². The number of imidazole rings is 1. The average Bonchev–Trinajstić information content (AvgIpc) is 2.92. The first-order chi connectivity index (χ1) is 9.74. The Morgan fingerprint density at radius 2 is 2.05 bits per heavy atom. The molecule has 0 saturated heterocycles. The third-order valence-corrected chi connectivity index (χ3v) is 5.03. The van der Waals surface area contributed by atoms with Gasteiger partial charge in [-0.15, -0.1) is 0 Å². The predicted octanol–water partition coefficient (Wildman–Crippen LogP) is 5.55. The summed E-state index contributed by atoms with van der Waals surface area (Å²) in [5.74, 6) is 0.908. The second kappa shape index (κ2) is 6.19. The summed E-state index contributed by atoms with van der Waals surface area (Å²) in [5.41, 5.74) is 0.990. The maximum Gasteiger partial charge on any atom is 0.207 e. The van der Waals surface area contributed by atoms with E-state index in [1.807, 2.05) is 24.4 Å². The highest BCUT2D eigenvalue weighted by molar-refractivity contribution is 9.10. The average molecular weight is 355 g/mol. The van der Waals surface area contributed by atoms with E-state index in [0.29, 0.717) is 11.1 Å². The lowest BCUT2D eigenvalue weighted by Gasteiger charge is -2.24. The normalized spacial score (nSPS) is 16.3. The molecule has 0 radical (unpaired) electrons. The van der Waals surface area contributed by atoms with Gasteiger partial charge in [-0.1, -0.05) is 30.9 Å². The minimum atomic E-state index is 0.574. The lowest BCUT2D eigenvalue weighted by atomic mass is 9.95. The van der Waals surface area contributed by atoms with Crippen LogP contribution in [0, 0.1) is 0 Å². The highest BCUT2D eigenvalue weighted by Crippen LogP contribution is 2.32. The molecule has 106 valence electrons. The SMILES string of the molecule is Clc1ccc(Nc2nccn2C2CCCCC2)cc1Br. The Balaban J connectivity index is 1.80. The molecule has 1 heterocycles. The molecule has 2 aromatic rings. The van der Waals surface area contributed by atoms with Crippen molar-refractivity contribution in [2.24, 2.45) is 0 Å². The van der Waals surface area contributed by atoms with E-state index in [0.717, 1.165) is 16.1 Å². The smallest absolute Gasteiger partial charge is 0.207 e. The molecule has 0 atom stereocenters. The Labute approximate surface area is 132 Å². The molecule has 5 heteroatoms. The van der Waals surface area contributed by atoms with Gasteiger partial charge < -0.3 is 9.88 Å². The van der Waals surface area contributed by atoms with Gasteiger partial charge in [0.2, 0.25) is 5.95 Å². The van der Waals surface area contributed by atoms with Crippen LogP contribution in [0.15, 0.2) is 35.1 Å². The summed E-state index contributed by atoms with van der Waals surface area (Å²) in [4.78, 5) is 4.44. The van der Waals surface area contributed by atoms with E-state index in [1.54, 1.807) is 0 Å². The summed E-state index contributed by atoms with van der Waals surface area (Å²) in [6, 6.07) is 6.39. The third-order valence-electron chi connectivity index (χ3n) is 3.81. The van der Waals surface area contributed by atoms with Crippen LogP contribution in [0.1, 0.15) is 38.1 Å². The van der Waals surface area contributed by atoms with Crippen molar-refractivity contribution in [1.82, 2.24) is 9.55 Å². The van der Waals surface area contributed by atoms with Crippen LogP contribution in [0.2, 0.25) is 5.02 Å². The number of nitrogens with zero attached hydrogens (tertiary/aromatic N) is 2. The van der Waals surface area contributed by atoms with Crippen molar-refractivity contribution in [2.75, 3.05) is 5.32 Å². The summed E-state index contributed by atoms with van der Waals surface area (Å²) in [6.07, 6.45) is 10.4. The minimum Gasteiger partial charge on any atom is -0.326 e. The van der Waals surface area contributed by atoms with Crippen molar-refractivity contribution >= 4 is 39.2 Å². The summed E-state index contributed by atoms with van der Waals surface area (Å²) in [6.45, 7) is 0. The molecule has 1 aliphatic carbocycles. The molecule has 0 aliphatic heterocycles. The zero-order valence-corrected chi connectivity index (χ0v) is 13.5. The summed E-state index contributed by atoms with van der Waals surface area (Å²) in [5, 5.41) is 4.10. The van der Waals surface area contributed by atoms with Gasteiger partial charge in [-0.25, -0.2) is 4.98 Å². The number of hydrogen-bond donors (Lipinski definition) is 1. The lowest BCUT2D eigenvalue weighted by Crippen LogP contribution is -2.14. The van der Waals surface area contributed by atoms with E-state index < -0.39 is 0 Å². The van der Waals surface area contributed by atoms with Crippen LogP contribution in [0.4, 0.5) is 11.6 Å². The molecule has 20 heavy (non-hydrogen) atoms. The molecular formula is C15H17BrClN3. The number of halogens is 2. The molecule has 0 spiro atoms. The summed E-state index contributed by atoms with van der Waals surface area (Å²) < 4.78 is 3.15. The van der Waals surface area contributed by atoms with E-state index in [2.05, 4.69) is 37.0 Å². The fraction of sp³-hybridized carbons (Fsp3) is 0.400. The van der Waals surface area contributed by atoms with Crippen LogP contribution in [0.25, 0.3) is 0 Å².